The Bertz CT molecular complexity index is 564. The Hall–Kier alpha value is -2.16. The van der Waals surface area contributed by atoms with Gasteiger partial charge in [-0.05, 0) is 24.1 Å². The fraction of sp³-hybridized carbons (Fsp3) is 0.250. The van der Waals surface area contributed by atoms with Crippen molar-refractivity contribution < 1.29 is 4.79 Å². The fourth-order valence-corrected chi connectivity index (χ4v) is 1.92. The van der Waals surface area contributed by atoms with E-state index in [9.17, 15) is 4.79 Å². The molecule has 3 nitrogen and oxygen atoms in total. The van der Waals surface area contributed by atoms with Gasteiger partial charge in [-0.25, -0.2) is 4.98 Å². The average molecular weight is 254 g/mol. The Morgan fingerprint density at radius 1 is 1.26 bits per heavy atom. The maximum Gasteiger partial charge on any atom is 0.164 e. The first-order valence-corrected chi connectivity index (χ1v) is 6.48. The molecule has 0 aliphatic rings. The molecule has 2 rings (SSSR count). The number of aromatic nitrogens is 1. The smallest absolute Gasteiger partial charge is 0.164 e. The molecule has 0 spiro atoms. The van der Waals surface area contributed by atoms with E-state index in [1.807, 2.05) is 38.1 Å². The minimum atomic E-state index is 0.139. The van der Waals surface area contributed by atoms with Crippen LogP contribution in [-0.2, 0) is 6.54 Å². The highest BCUT2D eigenvalue weighted by molar-refractivity contribution is 5.97. The molecule has 0 saturated heterocycles. The Morgan fingerprint density at radius 2 is 2.00 bits per heavy atom. The van der Waals surface area contributed by atoms with Gasteiger partial charge in [-0.3, -0.25) is 4.79 Å². The third-order valence-electron chi connectivity index (χ3n) is 3.05. The molecule has 0 aliphatic heterocycles. The van der Waals surface area contributed by atoms with Crippen LogP contribution in [0.5, 0.6) is 0 Å². The lowest BCUT2D eigenvalue weighted by molar-refractivity contribution is 0.0987. The van der Waals surface area contributed by atoms with Gasteiger partial charge in [-0.2, -0.15) is 0 Å². The van der Waals surface area contributed by atoms with Crippen molar-refractivity contribution >= 4 is 11.6 Å². The zero-order valence-electron chi connectivity index (χ0n) is 11.3. The van der Waals surface area contributed by atoms with E-state index in [1.54, 1.807) is 6.20 Å². The molecule has 0 saturated carbocycles. The summed E-state index contributed by atoms with van der Waals surface area (Å²) in [7, 11) is 0. The summed E-state index contributed by atoms with van der Waals surface area (Å²) < 4.78 is 0. The molecule has 1 N–H and O–H groups in total. The van der Waals surface area contributed by atoms with Crippen LogP contribution in [0.25, 0.3) is 0 Å². The lowest BCUT2D eigenvalue weighted by atomic mass is 10.1. The topological polar surface area (TPSA) is 42.0 Å². The SMILES string of the molecule is CCC(=O)c1cnc(NCc2ccccc2)cc1C. The molecule has 98 valence electrons. The minimum Gasteiger partial charge on any atom is -0.366 e. The average Bonchev–Trinajstić information content (AvgIpc) is 2.45. The molecule has 0 aliphatic carbocycles. The van der Waals surface area contributed by atoms with Gasteiger partial charge in [-0.15, -0.1) is 0 Å². The van der Waals surface area contributed by atoms with E-state index in [-0.39, 0.29) is 5.78 Å². The molecule has 2 aromatic rings. The zero-order valence-corrected chi connectivity index (χ0v) is 11.3. The number of ketones is 1. The van der Waals surface area contributed by atoms with Crippen LogP contribution < -0.4 is 5.32 Å². The third kappa shape index (κ3) is 3.41. The molecule has 1 aromatic carbocycles. The number of aryl methyl sites for hydroxylation is 1. The van der Waals surface area contributed by atoms with E-state index >= 15 is 0 Å². The van der Waals surface area contributed by atoms with Gasteiger partial charge in [-0.1, -0.05) is 37.3 Å². The lowest BCUT2D eigenvalue weighted by Crippen LogP contribution is -2.05. The molecule has 19 heavy (non-hydrogen) atoms. The summed E-state index contributed by atoms with van der Waals surface area (Å²) in [6.07, 6.45) is 2.17. The zero-order chi connectivity index (χ0) is 13.7. The summed E-state index contributed by atoms with van der Waals surface area (Å²) in [6, 6.07) is 12.1. The number of carbonyl (C=O) groups is 1. The van der Waals surface area contributed by atoms with Gasteiger partial charge >= 0.3 is 0 Å². The van der Waals surface area contributed by atoms with Crippen molar-refractivity contribution in [2.24, 2.45) is 0 Å². The number of benzene rings is 1. The van der Waals surface area contributed by atoms with Crippen LogP contribution in [-0.4, -0.2) is 10.8 Å². The van der Waals surface area contributed by atoms with Gasteiger partial charge in [0.1, 0.15) is 5.82 Å². The predicted octanol–water partition coefficient (Wildman–Crippen LogP) is 3.59. The van der Waals surface area contributed by atoms with Crippen molar-refractivity contribution in [3.8, 4) is 0 Å². The van der Waals surface area contributed by atoms with Crippen LogP contribution >= 0.6 is 0 Å². The molecular weight excluding hydrogens is 236 g/mol. The molecule has 0 radical (unpaired) electrons. The van der Waals surface area contributed by atoms with E-state index in [1.165, 1.54) is 5.56 Å². The van der Waals surface area contributed by atoms with E-state index in [0.29, 0.717) is 12.0 Å². The number of hydrogen-bond donors (Lipinski definition) is 1. The van der Waals surface area contributed by atoms with Crippen molar-refractivity contribution in [3.63, 3.8) is 0 Å². The number of pyridine rings is 1. The Kier molecular flexibility index (Phi) is 4.29. The summed E-state index contributed by atoms with van der Waals surface area (Å²) in [5.41, 5.74) is 2.89. The van der Waals surface area contributed by atoms with Crippen LogP contribution in [0, 0.1) is 6.92 Å². The monoisotopic (exact) mass is 254 g/mol. The lowest BCUT2D eigenvalue weighted by Gasteiger charge is -2.08. The summed E-state index contributed by atoms with van der Waals surface area (Å²) in [5, 5.41) is 3.26. The van der Waals surface area contributed by atoms with Gasteiger partial charge < -0.3 is 5.32 Å². The second-order valence-electron chi connectivity index (χ2n) is 4.50. The summed E-state index contributed by atoms with van der Waals surface area (Å²) >= 11 is 0. The highest BCUT2D eigenvalue weighted by Crippen LogP contribution is 2.14. The fourth-order valence-electron chi connectivity index (χ4n) is 1.92. The first-order chi connectivity index (χ1) is 9.20. The van der Waals surface area contributed by atoms with Gasteiger partial charge in [0.25, 0.3) is 0 Å². The summed E-state index contributed by atoms with van der Waals surface area (Å²) in [5.74, 6) is 0.939. The molecule has 1 aromatic heterocycles. The molecule has 0 bridgehead atoms. The predicted molar refractivity (Wildman–Crippen MR) is 77.4 cm³/mol. The maximum atomic E-state index is 11.7. The molecule has 1 heterocycles. The molecule has 0 unspecified atom stereocenters. The van der Waals surface area contributed by atoms with E-state index < -0.39 is 0 Å². The summed E-state index contributed by atoms with van der Waals surface area (Å²) in [4.78, 5) is 16.0. The van der Waals surface area contributed by atoms with E-state index in [0.717, 1.165) is 17.9 Å². The minimum absolute atomic E-state index is 0.139. The second kappa shape index (κ2) is 6.14. The van der Waals surface area contributed by atoms with Crippen LogP contribution in [0.4, 0.5) is 5.82 Å². The van der Waals surface area contributed by atoms with Gasteiger partial charge in [0.2, 0.25) is 0 Å². The number of nitrogens with zero attached hydrogens (tertiary/aromatic N) is 1. The highest BCUT2D eigenvalue weighted by Gasteiger charge is 2.08. The third-order valence-corrected chi connectivity index (χ3v) is 3.05. The van der Waals surface area contributed by atoms with Crippen molar-refractivity contribution in [3.05, 3.63) is 59.3 Å². The van der Waals surface area contributed by atoms with E-state index in [4.69, 9.17) is 0 Å². The second-order valence-corrected chi connectivity index (χ2v) is 4.50. The van der Waals surface area contributed by atoms with Crippen molar-refractivity contribution in [1.82, 2.24) is 4.98 Å². The Labute approximate surface area is 113 Å². The van der Waals surface area contributed by atoms with Crippen LogP contribution in [0.15, 0.2) is 42.6 Å². The number of hydrogen-bond acceptors (Lipinski definition) is 3. The first-order valence-electron chi connectivity index (χ1n) is 6.48. The van der Waals surface area contributed by atoms with E-state index in [2.05, 4.69) is 22.4 Å². The van der Waals surface area contributed by atoms with Crippen LogP contribution in [0.1, 0.15) is 34.8 Å². The Morgan fingerprint density at radius 3 is 2.63 bits per heavy atom. The number of Topliss-reactive ketones (excluding diaryl/α,β-unsaturated/α-hetero) is 1. The summed E-state index contributed by atoms with van der Waals surface area (Å²) in [6.45, 7) is 4.54. The quantitative estimate of drug-likeness (QED) is 0.829. The van der Waals surface area contributed by atoms with Crippen molar-refractivity contribution in [2.75, 3.05) is 5.32 Å². The van der Waals surface area contributed by atoms with Gasteiger partial charge in [0.15, 0.2) is 5.78 Å². The number of carbonyl (C=O) groups excluding carboxylic acids is 1. The molecule has 0 atom stereocenters. The standard InChI is InChI=1S/C16H18N2O/c1-3-15(19)14-11-18-16(9-12(14)2)17-10-13-7-5-4-6-8-13/h4-9,11H,3,10H2,1-2H3,(H,17,18). The van der Waals surface area contributed by atoms with Crippen LogP contribution in [0.3, 0.4) is 0 Å². The number of rotatable bonds is 5. The van der Waals surface area contributed by atoms with Gasteiger partial charge in [0, 0.05) is 24.7 Å². The first kappa shape index (κ1) is 13.3. The highest BCUT2D eigenvalue weighted by atomic mass is 16.1. The van der Waals surface area contributed by atoms with Crippen LogP contribution in [0.2, 0.25) is 0 Å². The maximum absolute atomic E-state index is 11.7. The van der Waals surface area contributed by atoms with Gasteiger partial charge in [0.05, 0.1) is 0 Å². The Balaban J connectivity index is 2.06. The largest absolute Gasteiger partial charge is 0.366 e. The number of nitrogens with one attached hydrogen (secondary N) is 1. The molecule has 0 fully saturated rings. The molecule has 0 amide bonds. The normalized spacial score (nSPS) is 10.2. The molecular formula is C16H18N2O. The van der Waals surface area contributed by atoms with Crippen molar-refractivity contribution in [1.29, 1.82) is 0 Å². The molecule has 3 heteroatoms. The number of anilines is 1. The van der Waals surface area contributed by atoms with Crippen molar-refractivity contribution in [2.45, 2.75) is 26.8 Å².